The third-order valence-electron chi connectivity index (χ3n) is 3.16. The highest BCUT2D eigenvalue weighted by molar-refractivity contribution is 7.88. The standard InChI is InChI=1S/C15H26N2O2S/c1-2-3-4-5-6-7-11-17-20(18,19)13-14-9-8-10-15(16)12-14/h8-10,12,17H,2-7,11,13,16H2,1H3. The van der Waals surface area contributed by atoms with Crippen molar-refractivity contribution in [3.8, 4) is 0 Å². The Balaban J connectivity index is 2.25. The van der Waals surface area contributed by atoms with Gasteiger partial charge in [0.25, 0.3) is 0 Å². The highest BCUT2D eigenvalue weighted by Crippen LogP contribution is 2.10. The Morgan fingerprint density at radius 3 is 2.50 bits per heavy atom. The minimum Gasteiger partial charge on any atom is -0.399 e. The fourth-order valence-corrected chi connectivity index (χ4v) is 3.26. The molecule has 0 bridgehead atoms. The van der Waals surface area contributed by atoms with Gasteiger partial charge in [-0.05, 0) is 24.1 Å². The van der Waals surface area contributed by atoms with Gasteiger partial charge in [-0.15, -0.1) is 0 Å². The molecule has 1 rings (SSSR count). The number of sulfonamides is 1. The molecule has 0 heterocycles. The Hall–Kier alpha value is -1.07. The third-order valence-corrected chi connectivity index (χ3v) is 4.52. The molecule has 0 atom stereocenters. The molecule has 0 aliphatic carbocycles. The number of unbranched alkanes of at least 4 members (excludes halogenated alkanes) is 5. The first-order chi connectivity index (χ1) is 9.53. The molecule has 0 amide bonds. The number of benzene rings is 1. The van der Waals surface area contributed by atoms with Crippen LogP contribution in [0.5, 0.6) is 0 Å². The number of anilines is 1. The van der Waals surface area contributed by atoms with Crippen molar-refractivity contribution in [3.63, 3.8) is 0 Å². The summed E-state index contributed by atoms with van der Waals surface area (Å²) in [6.07, 6.45) is 6.91. The quantitative estimate of drug-likeness (QED) is 0.515. The topological polar surface area (TPSA) is 72.2 Å². The predicted octanol–water partition coefficient (Wildman–Crippen LogP) is 3.05. The average molecular weight is 298 g/mol. The lowest BCUT2D eigenvalue weighted by atomic mass is 10.1. The maximum Gasteiger partial charge on any atom is 0.215 e. The van der Waals surface area contributed by atoms with Crippen LogP contribution in [0, 0.1) is 0 Å². The zero-order chi connectivity index (χ0) is 14.8. The highest BCUT2D eigenvalue weighted by Gasteiger charge is 2.10. The molecule has 0 radical (unpaired) electrons. The largest absolute Gasteiger partial charge is 0.399 e. The second kappa shape index (κ2) is 8.97. The van der Waals surface area contributed by atoms with E-state index < -0.39 is 10.0 Å². The molecular weight excluding hydrogens is 272 g/mol. The molecular formula is C15H26N2O2S. The van der Waals surface area contributed by atoms with Crippen LogP contribution in [0.1, 0.15) is 51.0 Å². The van der Waals surface area contributed by atoms with E-state index in [0.717, 1.165) is 18.4 Å². The summed E-state index contributed by atoms with van der Waals surface area (Å²) in [5.74, 6) is -0.00608. The van der Waals surface area contributed by atoms with Crippen LogP contribution in [0.3, 0.4) is 0 Å². The first-order valence-electron chi connectivity index (χ1n) is 7.35. The minimum atomic E-state index is -3.25. The lowest BCUT2D eigenvalue weighted by molar-refractivity contribution is 0.567. The molecule has 4 nitrogen and oxygen atoms in total. The summed E-state index contributed by atoms with van der Waals surface area (Å²) in [4.78, 5) is 0. The van der Waals surface area contributed by atoms with Gasteiger partial charge < -0.3 is 5.73 Å². The van der Waals surface area contributed by atoms with Gasteiger partial charge in [-0.2, -0.15) is 0 Å². The molecule has 0 aliphatic rings. The van der Waals surface area contributed by atoms with Crippen molar-refractivity contribution < 1.29 is 8.42 Å². The van der Waals surface area contributed by atoms with E-state index in [-0.39, 0.29) is 5.75 Å². The zero-order valence-corrected chi connectivity index (χ0v) is 13.1. The van der Waals surface area contributed by atoms with Crippen LogP contribution in [0.4, 0.5) is 5.69 Å². The number of hydrogen-bond donors (Lipinski definition) is 2. The normalized spacial score (nSPS) is 11.7. The van der Waals surface area contributed by atoms with Crippen molar-refractivity contribution in [3.05, 3.63) is 29.8 Å². The number of hydrogen-bond acceptors (Lipinski definition) is 3. The van der Waals surface area contributed by atoms with Crippen LogP contribution in [-0.2, 0) is 15.8 Å². The summed E-state index contributed by atoms with van der Waals surface area (Å²) in [5, 5.41) is 0. The van der Waals surface area contributed by atoms with Crippen LogP contribution in [0.2, 0.25) is 0 Å². The van der Waals surface area contributed by atoms with Crippen molar-refractivity contribution in [1.29, 1.82) is 0 Å². The van der Waals surface area contributed by atoms with Crippen molar-refractivity contribution in [2.45, 2.75) is 51.2 Å². The van der Waals surface area contributed by atoms with Gasteiger partial charge in [0.2, 0.25) is 10.0 Å². The Morgan fingerprint density at radius 1 is 1.10 bits per heavy atom. The van der Waals surface area contributed by atoms with E-state index in [1.54, 1.807) is 24.3 Å². The zero-order valence-electron chi connectivity index (χ0n) is 12.3. The summed E-state index contributed by atoms with van der Waals surface area (Å²) >= 11 is 0. The Bertz CT molecular complexity index is 486. The monoisotopic (exact) mass is 298 g/mol. The highest BCUT2D eigenvalue weighted by atomic mass is 32.2. The van der Waals surface area contributed by atoms with Crippen LogP contribution in [-0.4, -0.2) is 15.0 Å². The summed E-state index contributed by atoms with van der Waals surface area (Å²) < 4.78 is 26.4. The number of nitrogen functional groups attached to an aromatic ring is 1. The SMILES string of the molecule is CCCCCCCCNS(=O)(=O)Cc1cccc(N)c1. The summed E-state index contributed by atoms with van der Waals surface area (Å²) in [6.45, 7) is 2.71. The molecule has 0 unspecified atom stereocenters. The molecule has 3 N–H and O–H groups in total. The Morgan fingerprint density at radius 2 is 1.80 bits per heavy atom. The van der Waals surface area contributed by atoms with Gasteiger partial charge in [0.15, 0.2) is 0 Å². The predicted molar refractivity (Wildman–Crippen MR) is 84.9 cm³/mol. The van der Waals surface area contributed by atoms with Gasteiger partial charge in [0.05, 0.1) is 5.75 Å². The average Bonchev–Trinajstić information content (AvgIpc) is 2.37. The molecule has 20 heavy (non-hydrogen) atoms. The lowest BCUT2D eigenvalue weighted by Gasteiger charge is -2.07. The van der Waals surface area contributed by atoms with Crippen molar-refractivity contribution in [2.75, 3.05) is 12.3 Å². The van der Waals surface area contributed by atoms with Crippen LogP contribution >= 0.6 is 0 Å². The molecule has 1 aromatic rings. The number of nitrogens with one attached hydrogen (secondary N) is 1. The van der Waals surface area contributed by atoms with Crippen molar-refractivity contribution in [2.24, 2.45) is 0 Å². The van der Waals surface area contributed by atoms with E-state index in [4.69, 9.17) is 5.73 Å². The number of nitrogens with two attached hydrogens (primary N) is 1. The summed E-state index contributed by atoms with van der Waals surface area (Å²) in [5.41, 5.74) is 6.96. The van der Waals surface area contributed by atoms with Gasteiger partial charge in [-0.3, -0.25) is 0 Å². The van der Waals surface area contributed by atoms with E-state index in [9.17, 15) is 8.42 Å². The van der Waals surface area contributed by atoms with Gasteiger partial charge >= 0.3 is 0 Å². The molecule has 0 aromatic heterocycles. The maximum absolute atomic E-state index is 11.9. The van der Waals surface area contributed by atoms with Crippen molar-refractivity contribution in [1.82, 2.24) is 4.72 Å². The fraction of sp³-hybridized carbons (Fsp3) is 0.600. The van der Waals surface area contributed by atoms with Gasteiger partial charge in [-0.25, -0.2) is 13.1 Å². The first kappa shape index (κ1) is 17.0. The van der Waals surface area contributed by atoms with Crippen LogP contribution in [0.15, 0.2) is 24.3 Å². The molecule has 0 saturated carbocycles. The smallest absolute Gasteiger partial charge is 0.215 e. The van der Waals surface area contributed by atoms with E-state index in [1.165, 1.54) is 25.7 Å². The second-order valence-electron chi connectivity index (χ2n) is 5.17. The molecule has 0 saturated heterocycles. The van der Waals surface area contributed by atoms with Crippen LogP contribution in [0.25, 0.3) is 0 Å². The molecule has 0 spiro atoms. The van der Waals surface area contributed by atoms with Gasteiger partial charge in [0, 0.05) is 12.2 Å². The minimum absolute atomic E-state index is 0.00608. The molecule has 0 aliphatic heterocycles. The molecule has 0 fully saturated rings. The molecule has 1 aromatic carbocycles. The Kier molecular flexibility index (Phi) is 7.62. The summed E-state index contributed by atoms with van der Waals surface area (Å²) in [7, 11) is -3.25. The van der Waals surface area contributed by atoms with Crippen LogP contribution < -0.4 is 10.5 Å². The number of rotatable bonds is 10. The maximum atomic E-state index is 11.9. The summed E-state index contributed by atoms with van der Waals surface area (Å²) in [6, 6.07) is 7.00. The lowest BCUT2D eigenvalue weighted by Crippen LogP contribution is -2.26. The first-order valence-corrected chi connectivity index (χ1v) is 9.00. The van der Waals surface area contributed by atoms with Crippen molar-refractivity contribution >= 4 is 15.7 Å². The third kappa shape index (κ3) is 7.50. The molecule has 114 valence electrons. The van der Waals surface area contributed by atoms with Gasteiger partial charge in [-0.1, -0.05) is 51.2 Å². The fourth-order valence-electron chi connectivity index (χ4n) is 2.09. The van der Waals surface area contributed by atoms with E-state index in [1.807, 2.05) is 0 Å². The van der Waals surface area contributed by atoms with E-state index >= 15 is 0 Å². The molecule has 5 heteroatoms. The van der Waals surface area contributed by atoms with E-state index in [0.29, 0.717) is 12.2 Å². The Labute approximate surface area is 122 Å². The second-order valence-corrected chi connectivity index (χ2v) is 6.97. The van der Waals surface area contributed by atoms with Gasteiger partial charge in [0.1, 0.15) is 0 Å². The van der Waals surface area contributed by atoms with E-state index in [2.05, 4.69) is 11.6 Å².